The normalized spacial score (nSPS) is 15.3. The summed E-state index contributed by atoms with van der Waals surface area (Å²) in [5.74, 6) is 0.650. The minimum Gasteiger partial charge on any atom is -0.394 e. The molecule has 1 amide bonds. The van der Waals surface area contributed by atoms with Gasteiger partial charge in [-0.15, -0.1) is 0 Å². The summed E-state index contributed by atoms with van der Waals surface area (Å²) < 4.78 is 0. The van der Waals surface area contributed by atoms with Crippen LogP contribution in [0.25, 0.3) is 0 Å². The molecular formula is C12H18ClN5O. The molecule has 0 atom stereocenters. The second-order valence-corrected chi connectivity index (χ2v) is 4.90. The number of halogens is 1. The lowest BCUT2D eigenvalue weighted by molar-refractivity contribution is -0.131. The smallest absolute Gasteiger partial charge is 0.224 e. The first-order valence-electron chi connectivity index (χ1n) is 6.46. The molecule has 3 N–H and O–H groups in total. The van der Waals surface area contributed by atoms with E-state index in [0.29, 0.717) is 24.5 Å². The first-order valence-corrected chi connectivity index (χ1v) is 6.84. The predicted molar refractivity (Wildman–Crippen MR) is 75.0 cm³/mol. The van der Waals surface area contributed by atoms with Crippen molar-refractivity contribution < 1.29 is 4.79 Å². The van der Waals surface area contributed by atoms with Crippen LogP contribution in [0.3, 0.4) is 0 Å². The number of rotatable bonds is 4. The Balaban J connectivity index is 1.79. The zero-order chi connectivity index (χ0) is 13.7. The second kappa shape index (κ2) is 6.56. The molecule has 7 heteroatoms. The summed E-state index contributed by atoms with van der Waals surface area (Å²) in [5.41, 5.74) is 6.13. The van der Waals surface area contributed by atoms with Gasteiger partial charge in [0.05, 0.1) is 11.9 Å². The molecule has 0 aliphatic carbocycles. The van der Waals surface area contributed by atoms with Crippen LogP contribution >= 0.6 is 11.6 Å². The van der Waals surface area contributed by atoms with Gasteiger partial charge in [0.15, 0.2) is 5.82 Å². The summed E-state index contributed by atoms with van der Waals surface area (Å²) >= 11 is 5.69. The molecule has 1 aromatic heterocycles. The van der Waals surface area contributed by atoms with Crippen molar-refractivity contribution in [3.63, 3.8) is 0 Å². The average molecular weight is 284 g/mol. The fourth-order valence-corrected chi connectivity index (χ4v) is 2.23. The van der Waals surface area contributed by atoms with Crippen LogP contribution in [-0.2, 0) is 4.79 Å². The van der Waals surface area contributed by atoms with E-state index in [1.54, 1.807) is 0 Å². The zero-order valence-corrected chi connectivity index (χ0v) is 11.5. The first-order chi connectivity index (χ1) is 9.16. The molecule has 0 radical (unpaired) electrons. The van der Waals surface area contributed by atoms with E-state index in [2.05, 4.69) is 15.3 Å². The predicted octanol–water partition coefficient (Wildman–Crippen LogP) is 1.53. The molecule has 0 spiro atoms. The lowest BCUT2D eigenvalue weighted by Gasteiger charge is -2.26. The third kappa shape index (κ3) is 3.96. The van der Waals surface area contributed by atoms with Crippen LogP contribution < -0.4 is 11.1 Å². The van der Waals surface area contributed by atoms with Gasteiger partial charge in [-0.1, -0.05) is 0 Å². The molecule has 6 nitrogen and oxygen atoms in total. The second-order valence-electron chi connectivity index (χ2n) is 4.56. The van der Waals surface area contributed by atoms with Crippen molar-refractivity contribution in [3.05, 3.63) is 11.5 Å². The molecule has 0 bridgehead atoms. The Kier molecular flexibility index (Phi) is 4.79. The summed E-state index contributed by atoms with van der Waals surface area (Å²) in [4.78, 5) is 21.6. The standard InChI is InChI=1S/C12H18ClN5O/c13-12-16-8-9(14)11(17-12)15-5-4-10(19)18-6-2-1-3-7-18/h8H,1-7,14H2,(H,15,16,17). The molecule has 0 aromatic carbocycles. The monoisotopic (exact) mass is 283 g/mol. The number of likely N-dealkylation sites (tertiary alicyclic amines) is 1. The lowest BCUT2D eigenvalue weighted by atomic mass is 10.1. The molecule has 1 saturated heterocycles. The molecule has 0 saturated carbocycles. The van der Waals surface area contributed by atoms with E-state index in [1.165, 1.54) is 12.6 Å². The molecule has 1 aliphatic heterocycles. The lowest BCUT2D eigenvalue weighted by Crippen LogP contribution is -2.36. The van der Waals surface area contributed by atoms with Crippen molar-refractivity contribution in [3.8, 4) is 0 Å². The van der Waals surface area contributed by atoms with E-state index in [9.17, 15) is 4.79 Å². The molecule has 19 heavy (non-hydrogen) atoms. The van der Waals surface area contributed by atoms with Gasteiger partial charge in [-0.2, -0.15) is 4.98 Å². The van der Waals surface area contributed by atoms with Crippen LogP contribution in [-0.4, -0.2) is 40.4 Å². The van der Waals surface area contributed by atoms with Gasteiger partial charge >= 0.3 is 0 Å². The van der Waals surface area contributed by atoms with Gasteiger partial charge < -0.3 is 16.0 Å². The van der Waals surface area contributed by atoms with E-state index in [4.69, 9.17) is 17.3 Å². The third-order valence-corrected chi connectivity index (χ3v) is 3.31. The van der Waals surface area contributed by atoms with E-state index in [0.717, 1.165) is 25.9 Å². The van der Waals surface area contributed by atoms with Crippen molar-refractivity contribution in [2.45, 2.75) is 25.7 Å². The van der Waals surface area contributed by atoms with Crippen molar-refractivity contribution in [2.75, 3.05) is 30.7 Å². The number of hydrogen-bond acceptors (Lipinski definition) is 5. The minimum atomic E-state index is 0.138. The largest absolute Gasteiger partial charge is 0.394 e. The Morgan fingerprint density at radius 3 is 2.89 bits per heavy atom. The number of hydrogen-bond donors (Lipinski definition) is 2. The van der Waals surface area contributed by atoms with Gasteiger partial charge in [0.1, 0.15) is 0 Å². The molecular weight excluding hydrogens is 266 g/mol. The summed E-state index contributed by atoms with van der Waals surface area (Å²) in [7, 11) is 0. The molecule has 1 aliphatic rings. The number of amides is 1. The Morgan fingerprint density at radius 1 is 1.42 bits per heavy atom. The van der Waals surface area contributed by atoms with Crippen LogP contribution in [0.1, 0.15) is 25.7 Å². The summed E-state index contributed by atoms with van der Waals surface area (Å²) in [6.45, 7) is 2.24. The SMILES string of the molecule is Nc1cnc(Cl)nc1NCCC(=O)N1CCCCC1. The highest BCUT2D eigenvalue weighted by Crippen LogP contribution is 2.16. The summed E-state index contributed by atoms with van der Waals surface area (Å²) in [6.07, 6.45) is 5.31. The van der Waals surface area contributed by atoms with Crippen molar-refractivity contribution >= 4 is 29.0 Å². The first kappa shape index (κ1) is 13.9. The van der Waals surface area contributed by atoms with E-state index < -0.39 is 0 Å². The average Bonchev–Trinajstić information content (AvgIpc) is 2.43. The highest BCUT2D eigenvalue weighted by molar-refractivity contribution is 6.28. The van der Waals surface area contributed by atoms with Crippen molar-refractivity contribution in [1.82, 2.24) is 14.9 Å². The van der Waals surface area contributed by atoms with Crippen molar-refractivity contribution in [2.24, 2.45) is 0 Å². The molecule has 2 heterocycles. The maximum absolute atomic E-state index is 11.9. The maximum Gasteiger partial charge on any atom is 0.224 e. The molecule has 1 aromatic rings. The molecule has 2 rings (SSSR count). The Morgan fingerprint density at radius 2 is 2.16 bits per heavy atom. The van der Waals surface area contributed by atoms with Crippen LogP contribution in [0, 0.1) is 0 Å². The third-order valence-electron chi connectivity index (χ3n) is 3.13. The molecule has 0 unspecified atom stereocenters. The van der Waals surface area contributed by atoms with Crippen LogP contribution in [0.4, 0.5) is 11.5 Å². The number of carbonyl (C=O) groups is 1. The number of nitrogens with two attached hydrogens (primary N) is 1. The minimum absolute atomic E-state index is 0.138. The van der Waals surface area contributed by atoms with Gasteiger partial charge in [0.25, 0.3) is 0 Å². The fraction of sp³-hybridized carbons (Fsp3) is 0.583. The maximum atomic E-state index is 11.9. The molecule has 104 valence electrons. The zero-order valence-electron chi connectivity index (χ0n) is 10.7. The van der Waals surface area contributed by atoms with Crippen LogP contribution in [0.2, 0.25) is 5.28 Å². The van der Waals surface area contributed by atoms with E-state index >= 15 is 0 Å². The number of piperidine rings is 1. The quantitative estimate of drug-likeness (QED) is 0.819. The summed E-state index contributed by atoms with van der Waals surface area (Å²) in [5, 5.41) is 3.15. The Labute approximate surface area is 117 Å². The highest BCUT2D eigenvalue weighted by Gasteiger charge is 2.15. The van der Waals surface area contributed by atoms with Gasteiger partial charge in [0, 0.05) is 26.1 Å². The van der Waals surface area contributed by atoms with Gasteiger partial charge in [0.2, 0.25) is 11.2 Å². The molecule has 1 fully saturated rings. The van der Waals surface area contributed by atoms with Gasteiger partial charge in [-0.05, 0) is 30.9 Å². The van der Waals surface area contributed by atoms with Gasteiger partial charge in [-0.25, -0.2) is 4.98 Å². The highest BCUT2D eigenvalue weighted by atomic mass is 35.5. The topological polar surface area (TPSA) is 84.1 Å². The van der Waals surface area contributed by atoms with Gasteiger partial charge in [-0.3, -0.25) is 4.79 Å². The Hall–Kier alpha value is -1.56. The fourth-order valence-electron chi connectivity index (χ4n) is 2.10. The number of nitrogen functional groups attached to an aromatic ring is 1. The summed E-state index contributed by atoms with van der Waals surface area (Å²) in [6, 6.07) is 0. The number of carbonyl (C=O) groups excluding carboxylic acids is 1. The number of nitrogens with zero attached hydrogens (tertiary/aromatic N) is 3. The Bertz CT molecular complexity index is 448. The number of aromatic nitrogens is 2. The van der Waals surface area contributed by atoms with Crippen LogP contribution in [0.15, 0.2) is 6.20 Å². The van der Waals surface area contributed by atoms with E-state index in [1.807, 2.05) is 4.90 Å². The number of nitrogens with one attached hydrogen (secondary N) is 1. The number of anilines is 2. The van der Waals surface area contributed by atoms with Crippen LogP contribution in [0.5, 0.6) is 0 Å². The van der Waals surface area contributed by atoms with E-state index in [-0.39, 0.29) is 11.2 Å². The van der Waals surface area contributed by atoms with Crippen molar-refractivity contribution in [1.29, 1.82) is 0 Å².